The van der Waals surface area contributed by atoms with Gasteiger partial charge in [0.05, 0.1) is 19.3 Å². The largest absolute Gasteiger partial charge is 0.391 e. The summed E-state index contributed by atoms with van der Waals surface area (Å²) in [5.74, 6) is -0.855. The summed E-state index contributed by atoms with van der Waals surface area (Å²) in [6.07, 6.45) is 1.01. The molecule has 1 heterocycles. The summed E-state index contributed by atoms with van der Waals surface area (Å²) >= 11 is 0. The first-order valence-electron chi connectivity index (χ1n) is 13.2. The van der Waals surface area contributed by atoms with Gasteiger partial charge in [0.2, 0.25) is 5.91 Å². The van der Waals surface area contributed by atoms with E-state index < -0.39 is 29.7 Å². The van der Waals surface area contributed by atoms with E-state index in [0.717, 1.165) is 12.0 Å². The first-order chi connectivity index (χ1) is 17.7. The number of amides is 1. The molecule has 2 fully saturated rings. The van der Waals surface area contributed by atoms with Gasteiger partial charge in [0.25, 0.3) is 0 Å². The van der Waals surface area contributed by atoms with Crippen LogP contribution in [0.4, 0.5) is 4.39 Å². The van der Waals surface area contributed by atoms with Crippen LogP contribution in [0.3, 0.4) is 0 Å². The summed E-state index contributed by atoms with van der Waals surface area (Å²) < 4.78 is 26.7. The lowest BCUT2D eigenvalue weighted by Crippen LogP contribution is -2.55. The van der Waals surface area contributed by atoms with E-state index in [1.165, 1.54) is 6.07 Å². The second-order valence-electron chi connectivity index (χ2n) is 10.4. The molecule has 2 aromatic carbocycles. The highest BCUT2D eigenvalue weighted by molar-refractivity contribution is 5.79. The Labute approximate surface area is 218 Å². The Morgan fingerprint density at radius 2 is 2.03 bits per heavy atom. The Balaban J connectivity index is 1.68. The molecular formula is C29H39FN2O5. The summed E-state index contributed by atoms with van der Waals surface area (Å²) in [5, 5.41) is 22.4. The van der Waals surface area contributed by atoms with Crippen molar-refractivity contribution in [3.63, 3.8) is 0 Å². The molecule has 1 aliphatic carbocycles. The van der Waals surface area contributed by atoms with Crippen LogP contribution < -0.4 is 5.73 Å². The van der Waals surface area contributed by atoms with Crippen LogP contribution in [0.2, 0.25) is 0 Å². The van der Waals surface area contributed by atoms with Crippen LogP contribution in [-0.2, 0) is 19.9 Å². The number of carbonyl (C=O) groups excluding carboxylic acids is 1. The van der Waals surface area contributed by atoms with Gasteiger partial charge in [0.1, 0.15) is 17.5 Å². The molecule has 0 radical (unpaired) electrons. The summed E-state index contributed by atoms with van der Waals surface area (Å²) in [5.41, 5.74) is 6.87. The third-order valence-corrected chi connectivity index (χ3v) is 7.78. The lowest BCUT2D eigenvalue weighted by Gasteiger charge is -2.43. The quantitative estimate of drug-likeness (QED) is 0.444. The first-order valence-corrected chi connectivity index (χ1v) is 13.2. The Morgan fingerprint density at radius 1 is 1.24 bits per heavy atom. The Hall–Kier alpha value is -2.36. The normalized spacial score (nSPS) is 25.7. The molecule has 2 aromatic rings. The molecule has 2 aliphatic rings. The number of morpholine rings is 1. The van der Waals surface area contributed by atoms with Gasteiger partial charge in [-0.3, -0.25) is 4.79 Å². The molecular weight excluding hydrogens is 475 g/mol. The number of halogens is 1. The Morgan fingerprint density at radius 3 is 2.73 bits per heavy atom. The van der Waals surface area contributed by atoms with Crippen LogP contribution in [0.5, 0.6) is 0 Å². The number of aliphatic hydroxyl groups is 2. The third kappa shape index (κ3) is 6.04. The summed E-state index contributed by atoms with van der Waals surface area (Å²) in [4.78, 5) is 15.0. The molecule has 0 bridgehead atoms. The Kier molecular flexibility index (Phi) is 8.98. The SMILES string of the molecule is COCCCC[C@@](O)(c1cccc(F)c1-c1cccc(C)c1)C1CN(C(=O)[C@H]2C[C@@H](N)[C@@H](O)C2)CCO1. The van der Waals surface area contributed by atoms with E-state index in [4.69, 9.17) is 15.2 Å². The lowest BCUT2D eigenvalue weighted by atomic mass is 9.78. The molecule has 1 unspecified atom stereocenters. The molecule has 4 rings (SSSR count). The average Bonchev–Trinajstić information content (AvgIpc) is 3.23. The number of aryl methyl sites for hydroxylation is 1. The van der Waals surface area contributed by atoms with Gasteiger partial charge in [-0.2, -0.15) is 0 Å². The minimum atomic E-state index is -1.54. The predicted molar refractivity (Wildman–Crippen MR) is 139 cm³/mol. The van der Waals surface area contributed by atoms with Crippen molar-refractivity contribution in [2.24, 2.45) is 11.7 Å². The van der Waals surface area contributed by atoms with Crippen LogP contribution in [-0.4, -0.2) is 72.7 Å². The van der Waals surface area contributed by atoms with Crippen LogP contribution in [0.25, 0.3) is 11.1 Å². The van der Waals surface area contributed by atoms with Crippen molar-refractivity contribution in [1.29, 1.82) is 0 Å². The van der Waals surface area contributed by atoms with Crippen molar-refractivity contribution in [2.75, 3.05) is 33.4 Å². The molecule has 37 heavy (non-hydrogen) atoms. The smallest absolute Gasteiger partial charge is 0.226 e. The van der Waals surface area contributed by atoms with Gasteiger partial charge in [-0.25, -0.2) is 4.39 Å². The van der Waals surface area contributed by atoms with E-state index in [9.17, 15) is 15.0 Å². The summed E-state index contributed by atoms with van der Waals surface area (Å²) in [6.45, 7) is 3.31. The monoisotopic (exact) mass is 514 g/mol. The maximum atomic E-state index is 15.4. The van der Waals surface area contributed by atoms with E-state index in [-0.39, 0.29) is 25.0 Å². The Bertz CT molecular complexity index is 1070. The number of methoxy groups -OCH3 is 1. The maximum Gasteiger partial charge on any atom is 0.226 e. The van der Waals surface area contributed by atoms with Gasteiger partial charge >= 0.3 is 0 Å². The van der Waals surface area contributed by atoms with Gasteiger partial charge in [-0.05, 0) is 56.2 Å². The molecule has 5 atom stereocenters. The summed E-state index contributed by atoms with van der Waals surface area (Å²) in [6, 6.07) is 11.9. The van der Waals surface area contributed by atoms with E-state index >= 15 is 4.39 Å². The van der Waals surface area contributed by atoms with Gasteiger partial charge in [-0.15, -0.1) is 0 Å². The molecule has 0 aromatic heterocycles. The van der Waals surface area contributed by atoms with Gasteiger partial charge in [0.15, 0.2) is 0 Å². The van der Waals surface area contributed by atoms with Crippen molar-refractivity contribution >= 4 is 5.91 Å². The van der Waals surface area contributed by atoms with Crippen molar-refractivity contribution in [1.82, 2.24) is 4.90 Å². The van der Waals surface area contributed by atoms with Crippen LogP contribution in [0.1, 0.15) is 43.2 Å². The molecule has 1 amide bonds. The number of benzene rings is 2. The minimum Gasteiger partial charge on any atom is -0.391 e. The number of unbranched alkanes of at least 4 members (excludes halogenated alkanes) is 1. The lowest BCUT2D eigenvalue weighted by molar-refractivity contribution is -0.167. The van der Waals surface area contributed by atoms with Crippen molar-refractivity contribution in [3.05, 3.63) is 59.4 Å². The molecule has 1 aliphatic heterocycles. The number of nitrogens with zero attached hydrogens (tertiary/aromatic N) is 1. The van der Waals surface area contributed by atoms with Crippen LogP contribution >= 0.6 is 0 Å². The zero-order chi connectivity index (χ0) is 26.6. The van der Waals surface area contributed by atoms with E-state index in [0.29, 0.717) is 55.5 Å². The van der Waals surface area contributed by atoms with E-state index in [1.807, 2.05) is 31.2 Å². The second kappa shape index (κ2) is 12.0. The molecule has 1 saturated carbocycles. The molecule has 202 valence electrons. The number of ether oxygens (including phenoxy) is 2. The number of hydrogen-bond donors (Lipinski definition) is 3. The third-order valence-electron chi connectivity index (χ3n) is 7.78. The minimum absolute atomic E-state index is 0.0832. The second-order valence-corrected chi connectivity index (χ2v) is 10.4. The fraction of sp³-hybridized carbons (Fsp3) is 0.552. The zero-order valence-electron chi connectivity index (χ0n) is 21.7. The number of aliphatic hydroxyl groups excluding tert-OH is 1. The molecule has 0 spiro atoms. The average molecular weight is 515 g/mol. The fourth-order valence-corrected chi connectivity index (χ4v) is 5.74. The highest BCUT2D eigenvalue weighted by Crippen LogP contribution is 2.41. The van der Waals surface area contributed by atoms with Crippen molar-refractivity contribution in [3.8, 4) is 11.1 Å². The number of hydrogen-bond acceptors (Lipinski definition) is 6. The molecule has 7 nitrogen and oxygen atoms in total. The van der Waals surface area contributed by atoms with E-state index in [2.05, 4.69) is 0 Å². The van der Waals surface area contributed by atoms with Crippen LogP contribution in [0, 0.1) is 18.7 Å². The highest BCUT2D eigenvalue weighted by Gasteiger charge is 2.46. The number of rotatable bonds is 9. The van der Waals surface area contributed by atoms with Crippen molar-refractivity contribution < 1.29 is 28.9 Å². The van der Waals surface area contributed by atoms with E-state index in [1.54, 1.807) is 24.1 Å². The zero-order valence-corrected chi connectivity index (χ0v) is 21.7. The topological polar surface area (TPSA) is 105 Å². The van der Waals surface area contributed by atoms with Crippen molar-refractivity contribution in [2.45, 2.75) is 62.9 Å². The first kappa shape index (κ1) is 27.7. The van der Waals surface area contributed by atoms with Gasteiger partial charge in [0, 0.05) is 37.8 Å². The van der Waals surface area contributed by atoms with Gasteiger partial charge in [-0.1, -0.05) is 42.0 Å². The van der Waals surface area contributed by atoms with Gasteiger partial charge < -0.3 is 30.3 Å². The highest BCUT2D eigenvalue weighted by atomic mass is 19.1. The van der Waals surface area contributed by atoms with Crippen LogP contribution in [0.15, 0.2) is 42.5 Å². The maximum absolute atomic E-state index is 15.4. The number of nitrogens with two attached hydrogens (primary N) is 1. The fourth-order valence-electron chi connectivity index (χ4n) is 5.74. The number of carbonyl (C=O) groups is 1. The molecule has 4 N–H and O–H groups in total. The standard InChI is InChI=1S/C29H39FN2O5/c1-19-7-5-8-20(15-19)27-22(9-6-10-23(27)30)29(35,11-3-4-13-36-2)26-18-32(12-14-37-26)28(34)21-16-24(31)25(33)17-21/h5-10,15,21,24-26,33,35H,3-4,11-14,16-18,31H2,1-2H3/t21-,24+,25-,26?,29+/m0/s1. The molecule has 1 saturated heterocycles. The summed E-state index contributed by atoms with van der Waals surface area (Å²) in [7, 11) is 1.63. The predicted octanol–water partition coefficient (Wildman–Crippen LogP) is 3.13. The molecule has 8 heteroatoms.